The first-order chi connectivity index (χ1) is 18.0. The molecule has 0 aliphatic carbocycles. The van der Waals surface area contributed by atoms with Crippen LogP contribution in [0.1, 0.15) is 17.5 Å². The van der Waals surface area contributed by atoms with Crippen molar-refractivity contribution < 1.29 is 19.7 Å². The van der Waals surface area contributed by atoms with Crippen molar-refractivity contribution in [2.75, 3.05) is 21.8 Å². The molecule has 3 aromatic carbocycles. The van der Waals surface area contributed by atoms with Crippen LogP contribution in [-0.4, -0.2) is 35.8 Å². The molecule has 6 rings (SSSR count). The number of nitrogens with zero attached hydrogens (tertiary/aromatic N) is 2. The standard InChI is InChI=1S/C29H26ClN3O3S/c1-37-15-14-22-24-25(27(35)33(26(24)34)20-11-7-10-19(30)16-20)29(31-22)21-12-5-6-13-23(21)32(28(29)36)17-18-8-3-2-4-9-18/h2-13,16,22,24-25,31H,14-15,17H2,1H3/p+1. The number of anilines is 2. The van der Waals surface area contributed by atoms with Gasteiger partial charge in [0.2, 0.25) is 17.4 Å². The van der Waals surface area contributed by atoms with Gasteiger partial charge in [-0.1, -0.05) is 66.2 Å². The van der Waals surface area contributed by atoms with Gasteiger partial charge in [-0.25, -0.2) is 4.90 Å². The first-order valence-electron chi connectivity index (χ1n) is 12.4. The Morgan fingerprint density at radius 2 is 1.70 bits per heavy atom. The molecule has 3 aromatic rings. The number of carbonyl (C=O) groups is 3. The fraction of sp³-hybridized carbons (Fsp3) is 0.276. The Bertz CT molecular complexity index is 1400. The van der Waals surface area contributed by atoms with Gasteiger partial charge in [-0.15, -0.1) is 0 Å². The maximum absolute atomic E-state index is 14.5. The van der Waals surface area contributed by atoms with Crippen molar-refractivity contribution in [2.24, 2.45) is 11.8 Å². The van der Waals surface area contributed by atoms with Crippen LogP contribution in [-0.2, 0) is 26.5 Å². The van der Waals surface area contributed by atoms with E-state index < -0.39 is 17.4 Å². The molecule has 0 saturated carbocycles. The number of nitrogens with two attached hydrogens (primary N) is 1. The van der Waals surface area contributed by atoms with Gasteiger partial charge in [0.15, 0.2) is 0 Å². The maximum atomic E-state index is 14.5. The highest BCUT2D eigenvalue weighted by atomic mass is 35.5. The van der Waals surface area contributed by atoms with Crippen LogP contribution in [0.25, 0.3) is 0 Å². The van der Waals surface area contributed by atoms with E-state index >= 15 is 0 Å². The number of rotatable bonds is 6. The van der Waals surface area contributed by atoms with Gasteiger partial charge in [0, 0.05) is 17.0 Å². The van der Waals surface area contributed by atoms with Crippen molar-refractivity contribution in [3.8, 4) is 0 Å². The molecule has 37 heavy (non-hydrogen) atoms. The van der Waals surface area contributed by atoms with Crippen molar-refractivity contribution in [2.45, 2.75) is 24.5 Å². The van der Waals surface area contributed by atoms with Gasteiger partial charge < -0.3 is 10.2 Å². The number of quaternary nitrogens is 1. The molecule has 4 unspecified atom stereocenters. The second-order valence-electron chi connectivity index (χ2n) is 9.87. The number of imide groups is 1. The molecule has 4 atom stereocenters. The molecular formula is C29H27ClN3O3S+. The third kappa shape index (κ3) is 3.63. The first-order valence-corrected chi connectivity index (χ1v) is 14.2. The van der Waals surface area contributed by atoms with Crippen LogP contribution in [0, 0.1) is 11.8 Å². The summed E-state index contributed by atoms with van der Waals surface area (Å²) in [5.41, 5.74) is 1.89. The van der Waals surface area contributed by atoms with Crippen LogP contribution >= 0.6 is 23.4 Å². The minimum Gasteiger partial charge on any atom is -0.326 e. The van der Waals surface area contributed by atoms with E-state index in [1.54, 1.807) is 40.9 Å². The summed E-state index contributed by atoms with van der Waals surface area (Å²) >= 11 is 7.93. The highest BCUT2D eigenvalue weighted by Crippen LogP contribution is 2.52. The van der Waals surface area contributed by atoms with E-state index in [0.717, 1.165) is 29.0 Å². The monoisotopic (exact) mass is 532 g/mol. The number of hydrogen-bond acceptors (Lipinski definition) is 4. The topological polar surface area (TPSA) is 74.3 Å². The van der Waals surface area contributed by atoms with Crippen LogP contribution in [0.4, 0.5) is 11.4 Å². The average molecular weight is 533 g/mol. The van der Waals surface area contributed by atoms with E-state index in [4.69, 9.17) is 11.6 Å². The van der Waals surface area contributed by atoms with Gasteiger partial charge in [0.1, 0.15) is 17.9 Å². The minimum absolute atomic E-state index is 0.131. The third-order valence-corrected chi connectivity index (χ3v) is 8.80. The quantitative estimate of drug-likeness (QED) is 0.492. The maximum Gasteiger partial charge on any atom is 0.294 e. The molecule has 0 bridgehead atoms. The highest BCUT2D eigenvalue weighted by Gasteiger charge is 2.75. The van der Waals surface area contributed by atoms with Crippen molar-refractivity contribution in [3.05, 3.63) is 95.0 Å². The number of fused-ring (bicyclic) bond motifs is 4. The first kappa shape index (κ1) is 24.2. The van der Waals surface area contributed by atoms with Crippen molar-refractivity contribution in [1.82, 2.24) is 0 Å². The summed E-state index contributed by atoms with van der Waals surface area (Å²) in [5.74, 6) is -1.25. The minimum atomic E-state index is -1.18. The zero-order chi connectivity index (χ0) is 25.7. The van der Waals surface area contributed by atoms with Gasteiger partial charge >= 0.3 is 0 Å². The van der Waals surface area contributed by atoms with Crippen molar-refractivity contribution in [1.29, 1.82) is 0 Å². The van der Waals surface area contributed by atoms with Crippen LogP contribution in [0.5, 0.6) is 0 Å². The van der Waals surface area contributed by atoms with Crippen molar-refractivity contribution in [3.63, 3.8) is 0 Å². The molecule has 0 radical (unpaired) electrons. The molecule has 2 fully saturated rings. The summed E-state index contributed by atoms with van der Waals surface area (Å²) in [6, 6.07) is 24.2. The number of carbonyl (C=O) groups excluding carboxylic acids is 3. The van der Waals surface area contributed by atoms with Crippen LogP contribution in [0.2, 0.25) is 5.02 Å². The lowest BCUT2D eigenvalue weighted by Gasteiger charge is -2.27. The Kier molecular flexibility index (Phi) is 6.10. The molecule has 1 spiro atoms. The Labute approximate surface area is 225 Å². The molecule has 8 heteroatoms. The largest absolute Gasteiger partial charge is 0.326 e. The van der Waals surface area contributed by atoms with E-state index in [1.807, 2.05) is 66.2 Å². The molecule has 3 aliphatic heterocycles. The lowest BCUT2D eigenvalue weighted by atomic mass is 9.76. The lowest BCUT2D eigenvalue weighted by molar-refractivity contribution is -0.733. The average Bonchev–Trinajstić information content (AvgIpc) is 3.47. The summed E-state index contributed by atoms with van der Waals surface area (Å²) in [4.78, 5) is 45.6. The normalized spacial score (nSPS) is 26.3. The SMILES string of the molecule is CSCCC1[NH2+]C2(C(=O)N(Cc3ccccc3)c3ccccc32)C2C(=O)N(c3cccc(Cl)c3)C(=O)C12. The smallest absolute Gasteiger partial charge is 0.294 e. The van der Waals surface area contributed by atoms with Gasteiger partial charge in [-0.2, -0.15) is 11.8 Å². The van der Waals surface area contributed by atoms with Gasteiger partial charge in [0.25, 0.3) is 5.91 Å². The fourth-order valence-corrected chi connectivity index (χ4v) is 7.12. The van der Waals surface area contributed by atoms with Crippen LogP contribution < -0.4 is 15.1 Å². The fourth-order valence-electron chi connectivity index (χ4n) is 6.42. The Hall–Kier alpha value is -3.13. The Balaban J connectivity index is 1.48. The third-order valence-electron chi connectivity index (χ3n) is 7.92. The number of thioether (sulfide) groups is 1. The zero-order valence-electron chi connectivity index (χ0n) is 20.3. The summed E-state index contributed by atoms with van der Waals surface area (Å²) < 4.78 is 0. The summed E-state index contributed by atoms with van der Waals surface area (Å²) in [7, 11) is 0. The van der Waals surface area contributed by atoms with Crippen LogP contribution in [0.3, 0.4) is 0 Å². The van der Waals surface area contributed by atoms with Gasteiger partial charge in [0.05, 0.1) is 17.9 Å². The number of amides is 3. The number of benzene rings is 3. The second kappa shape index (κ2) is 9.31. The Morgan fingerprint density at radius 1 is 0.946 bits per heavy atom. The molecule has 0 aromatic heterocycles. The van der Waals surface area contributed by atoms with Gasteiger partial charge in [-0.3, -0.25) is 14.4 Å². The van der Waals surface area contributed by atoms with E-state index in [2.05, 4.69) is 0 Å². The van der Waals surface area contributed by atoms with E-state index in [-0.39, 0.29) is 23.8 Å². The number of hydrogen-bond donors (Lipinski definition) is 1. The highest BCUT2D eigenvalue weighted by molar-refractivity contribution is 7.98. The predicted molar refractivity (Wildman–Crippen MR) is 145 cm³/mol. The molecule has 3 heterocycles. The molecule has 3 aliphatic rings. The molecule has 6 nitrogen and oxygen atoms in total. The number of para-hydroxylation sites is 1. The summed E-state index contributed by atoms with van der Waals surface area (Å²) in [6.45, 7) is 0.402. The van der Waals surface area contributed by atoms with Gasteiger partial charge in [-0.05, 0) is 41.8 Å². The van der Waals surface area contributed by atoms with E-state index in [0.29, 0.717) is 17.3 Å². The molecule has 2 saturated heterocycles. The number of halogens is 1. The second-order valence-corrected chi connectivity index (χ2v) is 11.3. The zero-order valence-corrected chi connectivity index (χ0v) is 21.9. The molecular weight excluding hydrogens is 506 g/mol. The Morgan fingerprint density at radius 3 is 2.46 bits per heavy atom. The molecule has 188 valence electrons. The van der Waals surface area contributed by atoms with Crippen LogP contribution in [0.15, 0.2) is 78.9 Å². The lowest BCUT2D eigenvalue weighted by Crippen LogP contribution is -2.99. The van der Waals surface area contributed by atoms with E-state index in [1.165, 1.54) is 4.90 Å². The molecule has 3 amide bonds. The summed E-state index contributed by atoms with van der Waals surface area (Å²) in [5, 5.41) is 2.49. The van der Waals surface area contributed by atoms with Crippen molar-refractivity contribution >= 4 is 52.5 Å². The summed E-state index contributed by atoms with van der Waals surface area (Å²) in [6.07, 6.45) is 2.75. The predicted octanol–water partition coefficient (Wildman–Crippen LogP) is 3.59. The van der Waals surface area contributed by atoms with E-state index in [9.17, 15) is 14.4 Å². The molecule has 2 N–H and O–H groups in total.